The molecule has 0 saturated heterocycles. The second kappa shape index (κ2) is 7.63. The molecular weight excluding hydrogens is 244 g/mol. The molecule has 0 spiro atoms. The highest BCUT2D eigenvalue weighted by Crippen LogP contribution is 2.26. The van der Waals surface area contributed by atoms with Crippen LogP contribution in [0, 0.1) is 0 Å². The van der Waals surface area contributed by atoms with Crippen LogP contribution in [0.3, 0.4) is 0 Å². The highest BCUT2D eigenvalue weighted by atomic mass is 16.5. The Morgan fingerprint density at radius 3 is 2.79 bits per heavy atom. The second-order valence-electron chi connectivity index (χ2n) is 4.43. The monoisotopic (exact) mass is 266 g/mol. The number of hydrogen-bond acceptors (Lipinski definition) is 4. The zero-order valence-electron chi connectivity index (χ0n) is 11.7. The van der Waals surface area contributed by atoms with E-state index in [1.165, 1.54) is 0 Å². The molecule has 0 aliphatic heterocycles. The maximum Gasteiger partial charge on any atom is 0.223 e. The standard InChI is InChI=1S/C14H22N2O3/c1-10(15)8-11-4-5-12(18-3)9-13(11)19-7-6-14(17)16-2/h4-5,9-10H,6-8,15H2,1-3H3,(H,16,17). The van der Waals surface area contributed by atoms with Gasteiger partial charge in [0.15, 0.2) is 0 Å². The summed E-state index contributed by atoms with van der Waals surface area (Å²) in [4.78, 5) is 11.2. The normalized spacial score (nSPS) is 11.8. The maximum absolute atomic E-state index is 11.2. The van der Waals surface area contributed by atoms with Gasteiger partial charge in [-0.3, -0.25) is 4.79 Å². The van der Waals surface area contributed by atoms with Gasteiger partial charge in [-0.25, -0.2) is 0 Å². The molecule has 5 nitrogen and oxygen atoms in total. The number of nitrogens with one attached hydrogen (secondary N) is 1. The Morgan fingerprint density at radius 1 is 1.47 bits per heavy atom. The minimum absolute atomic E-state index is 0.0448. The first-order valence-electron chi connectivity index (χ1n) is 6.32. The van der Waals surface area contributed by atoms with E-state index in [4.69, 9.17) is 15.2 Å². The minimum atomic E-state index is -0.0448. The summed E-state index contributed by atoms with van der Waals surface area (Å²) in [6.07, 6.45) is 1.05. The molecular formula is C14H22N2O3. The van der Waals surface area contributed by atoms with Crippen molar-refractivity contribution < 1.29 is 14.3 Å². The number of benzene rings is 1. The highest BCUT2D eigenvalue weighted by molar-refractivity contribution is 5.75. The number of ether oxygens (including phenoxy) is 2. The van der Waals surface area contributed by atoms with E-state index in [2.05, 4.69) is 5.32 Å². The first-order valence-corrected chi connectivity index (χ1v) is 6.32. The van der Waals surface area contributed by atoms with Gasteiger partial charge in [-0.2, -0.15) is 0 Å². The Balaban J connectivity index is 2.73. The van der Waals surface area contributed by atoms with Crippen LogP contribution in [0.25, 0.3) is 0 Å². The fourth-order valence-electron chi connectivity index (χ4n) is 1.69. The molecule has 0 aliphatic rings. The van der Waals surface area contributed by atoms with Crippen LogP contribution in [-0.2, 0) is 11.2 Å². The Hall–Kier alpha value is -1.75. The topological polar surface area (TPSA) is 73.6 Å². The third-order valence-corrected chi connectivity index (χ3v) is 2.68. The summed E-state index contributed by atoms with van der Waals surface area (Å²) in [7, 11) is 3.21. The SMILES string of the molecule is CNC(=O)CCOc1cc(OC)ccc1CC(C)N. The van der Waals surface area contributed by atoms with Gasteiger partial charge in [-0.05, 0) is 25.0 Å². The first kappa shape index (κ1) is 15.3. The second-order valence-corrected chi connectivity index (χ2v) is 4.43. The molecule has 1 unspecified atom stereocenters. The molecule has 3 N–H and O–H groups in total. The average Bonchev–Trinajstić information content (AvgIpc) is 2.39. The van der Waals surface area contributed by atoms with E-state index in [1.54, 1.807) is 14.2 Å². The maximum atomic E-state index is 11.2. The number of carbonyl (C=O) groups excluding carboxylic acids is 1. The molecule has 106 valence electrons. The number of rotatable bonds is 7. The summed E-state index contributed by atoms with van der Waals surface area (Å²) in [6.45, 7) is 2.28. The quantitative estimate of drug-likeness (QED) is 0.775. The molecule has 0 heterocycles. The van der Waals surface area contributed by atoms with Gasteiger partial charge in [-0.15, -0.1) is 0 Å². The van der Waals surface area contributed by atoms with E-state index >= 15 is 0 Å². The van der Waals surface area contributed by atoms with Crippen LogP contribution in [0.5, 0.6) is 11.5 Å². The van der Waals surface area contributed by atoms with Gasteiger partial charge >= 0.3 is 0 Å². The lowest BCUT2D eigenvalue weighted by molar-refractivity contribution is -0.121. The lowest BCUT2D eigenvalue weighted by Gasteiger charge is -2.14. The summed E-state index contributed by atoms with van der Waals surface area (Å²) in [5.41, 5.74) is 6.83. The van der Waals surface area contributed by atoms with Crippen molar-refractivity contribution in [3.8, 4) is 11.5 Å². The van der Waals surface area contributed by atoms with Crippen molar-refractivity contribution in [2.45, 2.75) is 25.8 Å². The molecule has 0 saturated carbocycles. The zero-order chi connectivity index (χ0) is 14.3. The summed E-state index contributed by atoms with van der Waals surface area (Å²) in [5.74, 6) is 1.40. The largest absolute Gasteiger partial charge is 0.497 e. The van der Waals surface area contributed by atoms with E-state index < -0.39 is 0 Å². The smallest absolute Gasteiger partial charge is 0.223 e. The molecule has 19 heavy (non-hydrogen) atoms. The Morgan fingerprint density at radius 2 is 2.21 bits per heavy atom. The van der Waals surface area contributed by atoms with Crippen LogP contribution in [0.1, 0.15) is 18.9 Å². The van der Waals surface area contributed by atoms with Crippen LogP contribution >= 0.6 is 0 Å². The number of amides is 1. The molecule has 5 heteroatoms. The third-order valence-electron chi connectivity index (χ3n) is 2.68. The third kappa shape index (κ3) is 5.18. The van der Waals surface area contributed by atoms with Crippen molar-refractivity contribution in [2.75, 3.05) is 20.8 Å². The molecule has 0 radical (unpaired) electrons. The van der Waals surface area contributed by atoms with Crippen molar-refractivity contribution in [2.24, 2.45) is 5.73 Å². The fraction of sp³-hybridized carbons (Fsp3) is 0.500. The van der Waals surface area contributed by atoms with E-state index in [-0.39, 0.29) is 11.9 Å². The first-order chi connectivity index (χ1) is 9.06. The van der Waals surface area contributed by atoms with Crippen molar-refractivity contribution in [3.63, 3.8) is 0 Å². The molecule has 1 amide bonds. The number of hydrogen-bond donors (Lipinski definition) is 2. The van der Waals surface area contributed by atoms with Crippen LogP contribution in [-0.4, -0.2) is 32.7 Å². The Labute approximate surface area is 114 Å². The van der Waals surface area contributed by atoms with Crippen molar-refractivity contribution in [3.05, 3.63) is 23.8 Å². The van der Waals surface area contributed by atoms with Gasteiger partial charge < -0.3 is 20.5 Å². The fourth-order valence-corrected chi connectivity index (χ4v) is 1.69. The van der Waals surface area contributed by atoms with Gasteiger partial charge in [0.05, 0.1) is 20.1 Å². The minimum Gasteiger partial charge on any atom is -0.497 e. The predicted octanol–water partition coefficient (Wildman–Crippen LogP) is 1.10. The van der Waals surface area contributed by atoms with Gasteiger partial charge in [0.1, 0.15) is 11.5 Å². The number of carbonyl (C=O) groups is 1. The lowest BCUT2D eigenvalue weighted by atomic mass is 10.1. The van der Waals surface area contributed by atoms with E-state index in [0.717, 1.165) is 23.5 Å². The molecule has 0 bridgehead atoms. The van der Waals surface area contributed by atoms with Crippen molar-refractivity contribution in [1.29, 1.82) is 0 Å². The molecule has 1 atom stereocenters. The summed E-state index contributed by atoms with van der Waals surface area (Å²) < 4.78 is 10.8. The summed E-state index contributed by atoms with van der Waals surface area (Å²) in [6, 6.07) is 5.69. The molecule has 0 aliphatic carbocycles. The van der Waals surface area contributed by atoms with Crippen LogP contribution in [0.2, 0.25) is 0 Å². The summed E-state index contributed by atoms with van der Waals surface area (Å²) >= 11 is 0. The van der Waals surface area contributed by atoms with Crippen LogP contribution in [0.4, 0.5) is 0 Å². The summed E-state index contributed by atoms with van der Waals surface area (Å²) in [5, 5.41) is 2.56. The zero-order valence-corrected chi connectivity index (χ0v) is 11.7. The van der Waals surface area contributed by atoms with Gasteiger partial charge in [0.2, 0.25) is 5.91 Å². The Bertz CT molecular complexity index is 419. The van der Waals surface area contributed by atoms with Gasteiger partial charge in [0.25, 0.3) is 0 Å². The number of nitrogens with two attached hydrogens (primary N) is 1. The number of methoxy groups -OCH3 is 1. The molecule has 1 rings (SSSR count). The molecule has 1 aromatic rings. The van der Waals surface area contributed by atoms with E-state index in [9.17, 15) is 4.79 Å². The average molecular weight is 266 g/mol. The lowest BCUT2D eigenvalue weighted by Crippen LogP contribution is -2.21. The highest BCUT2D eigenvalue weighted by Gasteiger charge is 2.09. The van der Waals surface area contributed by atoms with Gasteiger partial charge in [-0.1, -0.05) is 6.07 Å². The van der Waals surface area contributed by atoms with E-state index in [1.807, 2.05) is 25.1 Å². The van der Waals surface area contributed by atoms with Crippen LogP contribution < -0.4 is 20.5 Å². The molecule has 0 fully saturated rings. The van der Waals surface area contributed by atoms with Crippen molar-refractivity contribution in [1.82, 2.24) is 5.32 Å². The predicted molar refractivity (Wildman–Crippen MR) is 74.5 cm³/mol. The van der Waals surface area contributed by atoms with Gasteiger partial charge in [0, 0.05) is 19.2 Å². The van der Waals surface area contributed by atoms with Crippen LogP contribution in [0.15, 0.2) is 18.2 Å². The molecule has 0 aromatic heterocycles. The van der Waals surface area contributed by atoms with E-state index in [0.29, 0.717) is 13.0 Å². The van der Waals surface area contributed by atoms with Crippen molar-refractivity contribution >= 4 is 5.91 Å². The Kier molecular flexibility index (Phi) is 6.15. The molecule has 1 aromatic carbocycles.